The van der Waals surface area contributed by atoms with E-state index in [4.69, 9.17) is 27.9 Å². The molecule has 0 saturated heterocycles. The van der Waals surface area contributed by atoms with Gasteiger partial charge < -0.3 is 9.47 Å². The number of alkyl halides is 1. The number of carbonyl (C=O) groups is 1. The van der Waals surface area contributed by atoms with Crippen LogP contribution in [-0.4, -0.2) is 20.2 Å². The van der Waals surface area contributed by atoms with Gasteiger partial charge in [-0.05, 0) is 17.7 Å². The van der Waals surface area contributed by atoms with Gasteiger partial charge in [-0.25, -0.2) is 0 Å². The standard InChI is InChI=1S/C10H10Cl2O3/c1-14-6-3-4-7(8(11)5-6)9(12)10(13)15-2/h3-5,9H,1-2H3. The summed E-state index contributed by atoms with van der Waals surface area (Å²) >= 11 is 11.8. The van der Waals surface area contributed by atoms with Crippen molar-refractivity contribution in [1.82, 2.24) is 0 Å². The molecule has 1 unspecified atom stereocenters. The van der Waals surface area contributed by atoms with Crippen LogP contribution in [0.25, 0.3) is 0 Å². The minimum absolute atomic E-state index is 0.375. The summed E-state index contributed by atoms with van der Waals surface area (Å²) in [5, 5.41) is -0.520. The van der Waals surface area contributed by atoms with E-state index in [1.165, 1.54) is 14.2 Å². The van der Waals surface area contributed by atoms with Gasteiger partial charge in [0.2, 0.25) is 0 Å². The molecule has 0 saturated carbocycles. The Balaban J connectivity index is 3.00. The Morgan fingerprint density at radius 1 is 1.40 bits per heavy atom. The largest absolute Gasteiger partial charge is 0.497 e. The highest BCUT2D eigenvalue weighted by atomic mass is 35.5. The molecule has 1 rings (SSSR count). The summed E-state index contributed by atoms with van der Waals surface area (Å²) in [6.07, 6.45) is 0. The first-order valence-corrected chi connectivity index (χ1v) is 4.97. The van der Waals surface area contributed by atoms with Gasteiger partial charge in [-0.15, -0.1) is 11.6 Å². The minimum atomic E-state index is -0.895. The molecule has 1 atom stereocenters. The summed E-state index contributed by atoms with van der Waals surface area (Å²) in [6, 6.07) is 4.91. The minimum Gasteiger partial charge on any atom is -0.497 e. The first-order chi connectivity index (χ1) is 7.10. The quantitative estimate of drug-likeness (QED) is 0.610. The Morgan fingerprint density at radius 3 is 2.53 bits per heavy atom. The van der Waals surface area contributed by atoms with Crippen LogP contribution in [0.5, 0.6) is 5.75 Å². The number of benzene rings is 1. The molecule has 3 nitrogen and oxygen atoms in total. The molecule has 82 valence electrons. The lowest BCUT2D eigenvalue weighted by molar-refractivity contribution is -0.140. The van der Waals surface area contributed by atoms with Gasteiger partial charge in [-0.1, -0.05) is 17.7 Å². The molecule has 1 aromatic carbocycles. The second-order valence-corrected chi connectivity index (χ2v) is 3.62. The molecule has 0 aliphatic carbocycles. The lowest BCUT2D eigenvalue weighted by Crippen LogP contribution is -2.09. The molecule has 15 heavy (non-hydrogen) atoms. The van der Waals surface area contributed by atoms with Crippen molar-refractivity contribution in [2.45, 2.75) is 5.38 Å². The van der Waals surface area contributed by atoms with Gasteiger partial charge in [0.1, 0.15) is 5.75 Å². The normalized spacial score (nSPS) is 12.0. The van der Waals surface area contributed by atoms with Crippen LogP contribution in [0.1, 0.15) is 10.9 Å². The average Bonchev–Trinajstić information content (AvgIpc) is 2.26. The molecule has 0 aromatic heterocycles. The van der Waals surface area contributed by atoms with E-state index < -0.39 is 11.3 Å². The van der Waals surface area contributed by atoms with Gasteiger partial charge in [0.15, 0.2) is 5.38 Å². The third kappa shape index (κ3) is 2.76. The van der Waals surface area contributed by atoms with E-state index in [1.54, 1.807) is 18.2 Å². The van der Waals surface area contributed by atoms with Crippen LogP contribution in [-0.2, 0) is 9.53 Å². The van der Waals surface area contributed by atoms with Crippen LogP contribution in [0.2, 0.25) is 5.02 Å². The molecule has 0 N–H and O–H groups in total. The first-order valence-electron chi connectivity index (χ1n) is 4.15. The summed E-state index contributed by atoms with van der Waals surface area (Å²) in [7, 11) is 2.80. The smallest absolute Gasteiger partial charge is 0.328 e. The molecule has 0 heterocycles. The second kappa shape index (κ2) is 5.24. The molecule has 0 aliphatic heterocycles. The van der Waals surface area contributed by atoms with Gasteiger partial charge in [0, 0.05) is 5.02 Å². The number of hydrogen-bond acceptors (Lipinski definition) is 3. The van der Waals surface area contributed by atoms with Gasteiger partial charge in [-0.3, -0.25) is 4.79 Å². The Bertz CT molecular complexity index is 366. The van der Waals surface area contributed by atoms with E-state index in [0.717, 1.165) is 0 Å². The van der Waals surface area contributed by atoms with Gasteiger partial charge in [0.05, 0.1) is 14.2 Å². The van der Waals surface area contributed by atoms with E-state index >= 15 is 0 Å². The fraction of sp³-hybridized carbons (Fsp3) is 0.300. The van der Waals surface area contributed by atoms with E-state index in [9.17, 15) is 4.79 Å². The molecule has 1 aromatic rings. The molecule has 0 bridgehead atoms. The third-order valence-corrected chi connectivity index (χ3v) is 2.63. The van der Waals surface area contributed by atoms with Crippen LogP contribution >= 0.6 is 23.2 Å². The van der Waals surface area contributed by atoms with Crippen molar-refractivity contribution in [2.24, 2.45) is 0 Å². The zero-order chi connectivity index (χ0) is 11.4. The average molecular weight is 249 g/mol. The maximum Gasteiger partial charge on any atom is 0.328 e. The fourth-order valence-corrected chi connectivity index (χ4v) is 1.69. The fourth-order valence-electron chi connectivity index (χ4n) is 1.07. The summed E-state index contributed by atoms with van der Waals surface area (Å²) in [5.41, 5.74) is 0.506. The number of halogens is 2. The second-order valence-electron chi connectivity index (χ2n) is 2.77. The van der Waals surface area contributed by atoms with E-state index in [2.05, 4.69) is 4.74 Å². The molecular formula is C10H10Cl2O3. The van der Waals surface area contributed by atoms with Crippen LogP contribution in [0, 0.1) is 0 Å². The number of methoxy groups -OCH3 is 2. The number of esters is 1. The third-order valence-electron chi connectivity index (χ3n) is 1.89. The van der Waals surface area contributed by atoms with Crippen molar-refractivity contribution >= 4 is 29.2 Å². The predicted molar refractivity (Wildman–Crippen MR) is 58.6 cm³/mol. The molecule has 0 fully saturated rings. The van der Waals surface area contributed by atoms with Crippen LogP contribution in [0.3, 0.4) is 0 Å². The number of carbonyl (C=O) groups excluding carboxylic acids is 1. The number of rotatable bonds is 3. The highest BCUT2D eigenvalue weighted by Crippen LogP contribution is 2.31. The van der Waals surface area contributed by atoms with E-state index in [1.807, 2.05) is 0 Å². The summed E-state index contributed by atoms with van der Waals surface area (Å²) in [4.78, 5) is 11.2. The topological polar surface area (TPSA) is 35.5 Å². The lowest BCUT2D eigenvalue weighted by atomic mass is 10.1. The Hall–Kier alpha value is -0.930. The zero-order valence-corrected chi connectivity index (χ0v) is 9.80. The highest BCUT2D eigenvalue weighted by molar-refractivity contribution is 6.35. The van der Waals surface area contributed by atoms with Crippen LogP contribution < -0.4 is 4.74 Å². The van der Waals surface area contributed by atoms with Crippen molar-refractivity contribution in [1.29, 1.82) is 0 Å². The zero-order valence-electron chi connectivity index (χ0n) is 8.29. The summed E-state index contributed by atoms with van der Waals surface area (Å²) in [6.45, 7) is 0. The van der Waals surface area contributed by atoms with Crippen LogP contribution in [0.4, 0.5) is 0 Å². The molecule has 5 heteroatoms. The van der Waals surface area contributed by atoms with E-state index in [-0.39, 0.29) is 0 Å². The monoisotopic (exact) mass is 248 g/mol. The molecular weight excluding hydrogens is 239 g/mol. The Labute approximate surface area is 97.9 Å². The lowest BCUT2D eigenvalue weighted by Gasteiger charge is -2.10. The first kappa shape index (κ1) is 12.1. The number of hydrogen-bond donors (Lipinski definition) is 0. The Morgan fingerprint density at radius 2 is 2.07 bits per heavy atom. The van der Waals surface area contributed by atoms with Crippen molar-refractivity contribution in [3.8, 4) is 5.75 Å². The van der Waals surface area contributed by atoms with Crippen molar-refractivity contribution in [2.75, 3.05) is 14.2 Å². The van der Waals surface area contributed by atoms with Crippen molar-refractivity contribution < 1.29 is 14.3 Å². The van der Waals surface area contributed by atoms with Gasteiger partial charge in [-0.2, -0.15) is 0 Å². The summed E-state index contributed by atoms with van der Waals surface area (Å²) < 4.78 is 9.49. The Kier molecular flexibility index (Phi) is 4.24. The van der Waals surface area contributed by atoms with Crippen molar-refractivity contribution in [3.63, 3.8) is 0 Å². The molecule has 0 spiro atoms. The number of ether oxygens (including phenoxy) is 2. The van der Waals surface area contributed by atoms with Gasteiger partial charge >= 0.3 is 5.97 Å². The molecule has 0 aliphatic rings. The predicted octanol–water partition coefficient (Wildman–Crippen LogP) is 2.80. The maximum atomic E-state index is 11.2. The maximum absolute atomic E-state index is 11.2. The van der Waals surface area contributed by atoms with E-state index in [0.29, 0.717) is 16.3 Å². The molecule has 0 amide bonds. The SMILES string of the molecule is COC(=O)C(Cl)c1ccc(OC)cc1Cl. The molecule has 0 radical (unpaired) electrons. The highest BCUT2D eigenvalue weighted by Gasteiger charge is 2.20. The van der Waals surface area contributed by atoms with Crippen molar-refractivity contribution in [3.05, 3.63) is 28.8 Å². The van der Waals surface area contributed by atoms with Crippen LogP contribution in [0.15, 0.2) is 18.2 Å². The summed E-state index contributed by atoms with van der Waals surface area (Å²) in [5.74, 6) is 0.0706. The van der Waals surface area contributed by atoms with Gasteiger partial charge in [0.25, 0.3) is 0 Å².